The highest BCUT2D eigenvalue weighted by Gasteiger charge is 2.02. The lowest BCUT2D eigenvalue weighted by atomic mass is 10.2. The van der Waals surface area contributed by atoms with Gasteiger partial charge in [-0.3, -0.25) is 4.98 Å². The molecule has 0 atom stereocenters. The van der Waals surface area contributed by atoms with Crippen LogP contribution in [0.1, 0.15) is 5.56 Å². The normalized spacial score (nSPS) is 10.3. The van der Waals surface area contributed by atoms with Gasteiger partial charge in [0, 0.05) is 35.7 Å². The van der Waals surface area contributed by atoms with E-state index in [1.807, 2.05) is 42.5 Å². The maximum absolute atomic E-state index is 5.87. The lowest BCUT2D eigenvalue weighted by Gasteiger charge is -2.07. The molecule has 4 nitrogen and oxygen atoms in total. The number of hydrogen-bond donors (Lipinski definition) is 1. The van der Waals surface area contributed by atoms with Crippen molar-refractivity contribution >= 4 is 17.4 Å². The van der Waals surface area contributed by atoms with Crippen LogP contribution in [0.3, 0.4) is 0 Å². The molecule has 0 bridgehead atoms. The molecule has 0 radical (unpaired) electrons. The molecular formula is C16H13ClN4. The predicted molar refractivity (Wildman–Crippen MR) is 84.0 cm³/mol. The lowest BCUT2D eigenvalue weighted by Crippen LogP contribution is -2.02. The molecule has 0 fully saturated rings. The van der Waals surface area contributed by atoms with Gasteiger partial charge in [0.15, 0.2) is 5.82 Å². The van der Waals surface area contributed by atoms with E-state index < -0.39 is 0 Å². The van der Waals surface area contributed by atoms with Gasteiger partial charge in [-0.2, -0.15) is 0 Å². The van der Waals surface area contributed by atoms with Crippen molar-refractivity contribution < 1.29 is 0 Å². The monoisotopic (exact) mass is 296 g/mol. The Bertz CT molecular complexity index is 714. The quantitative estimate of drug-likeness (QED) is 0.795. The highest BCUT2D eigenvalue weighted by molar-refractivity contribution is 6.30. The maximum atomic E-state index is 5.87. The van der Waals surface area contributed by atoms with Crippen molar-refractivity contribution in [1.29, 1.82) is 0 Å². The average Bonchev–Trinajstić information content (AvgIpc) is 2.55. The summed E-state index contributed by atoms with van der Waals surface area (Å²) < 4.78 is 0. The molecule has 3 aromatic rings. The Labute approximate surface area is 127 Å². The standard InChI is InChI=1S/C16H13ClN4/c17-14-5-3-12(4-6-14)10-20-15-7-9-19-16(21-15)13-2-1-8-18-11-13/h1-9,11H,10H2,(H,19,20,21). The van der Waals surface area contributed by atoms with E-state index in [4.69, 9.17) is 11.6 Å². The topological polar surface area (TPSA) is 50.7 Å². The zero-order valence-electron chi connectivity index (χ0n) is 11.2. The fourth-order valence-corrected chi connectivity index (χ4v) is 2.01. The number of aromatic nitrogens is 3. The molecule has 1 N–H and O–H groups in total. The van der Waals surface area contributed by atoms with Crippen molar-refractivity contribution in [2.24, 2.45) is 0 Å². The van der Waals surface area contributed by atoms with Crippen LogP contribution < -0.4 is 5.32 Å². The van der Waals surface area contributed by atoms with Gasteiger partial charge < -0.3 is 5.32 Å². The number of nitrogens with zero attached hydrogens (tertiary/aromatic N) is 3. The number of benzene rings is 1. The second-order valence-corrected chi connectivity index (χ2v) is 4.92. The summed E-state index contributed by atoms with van der Waals surface area (Å²) in [7, 11) is 0. The predicted octanol–water partition coefficient (Wildman–Crippen LogP) is 3.80. The third-order valence-electron chi connectivity index (χ3n) is 2.96. The number of hydrogen-bond acceptors (Lipinski definition) is 4. The second kappa shape index (κ2) is 6.33. The summed E-state index contributed by atoms with van der Waals surface area (Å²) in [5, 5.41) is 4.01. The molecule has 104 valence electrons. The van der Waals surface area contributed by atoms with Gasteiger partial charge >= 0.3 is 0 Å². The summed E-state index contributed by atoms with van der Waals surface area (Å²) in [5.74, 6) is 1.43. The van der Waals surface area contributed by atoms with Crippen LogP contribution in [0.25, 0.3) is 11.4 Å². The molecule has 0 aliphatic heterocycles. The van der Waals surface area contributed by atoms with E-state index in [2.05, 4.69) is 20.3 Å². The zero-order chi connectivity index (χ0) is 14.5. The Morgan fingerprint density at radius 2 is 1.86 bits per heavy atom. The molecule has 0 saturated heterocycles. The summed E-state index contributed by atoms with van der Waals surface area (Å²) in [6.45, 7) is 0.681. The van der Waals surface area contributed by atoms with Crippen LogP contribution in [0.15, 0.2) is 61.1 Å². The van der Waals surface area contributed by atoms with Crippen LogP contribution in [0.4, 0.5) is 5.82 Å². The summed E-state index contributed by atoms with van der Waals surface area (Å²) in [5.41, 5.74) is 2.04. The van der Waals surface area contributed by atoms with Crippen LogP contribution in [-0.4, -0.2) is 15.0 Å². The molecule has 5 heteroatoms. The zero-order valence-corrected chi connectivity index (χ0v) is 12.0. The van der Waals surface area contributed by atoms with Crippen molar-refractivity contribution in [3.05, 3.63) is 71.6 Å². The number of rotatable bonds is 4. The highest BCUT2D eigenvalue weighted by atomic mass is 35.5. The molecule has 3 rings (SSSR count). The Kier molecular flexibility index (Phi) is 4.07. The molecule has 2 heterocycles. The van der Waals surface area contributed by atoms with Crippen molar-refractivity contribution in [2.45, 2.75) is 6.54 Å². The van der Waals surface area contributed by atoms with E-state index in [9.17, 15) is 0 Å². The van der Waals surface area contributed by atoms with Gasteiger partial charge in [-0.05, 0) is 35.9 Å². The minimum atomic E-state index is 0.657. The van der Waals surface area contributed by atoms with Crippen LogP contribution in [-0.2, 0) is 6.54 Å². The van der Waals surface area contributed by atoms with Crippen LogP contribution in [0, 0.1) is 0 Å². The fourth-order valence-electron chi connectivity index (χ4n) is 1.89. The van der Waals surface area contributed by atoms with E-state index in [0.29, 0.717) is 12.4 Å². The van der Waals surface area contributed by atoms with Gasteiger partial charge in [0.2, 0.25) is 0 Å². The van der Waals surface area contributed by atoms with E-state index in [0.717, 1.165) is 22.0 Å². The van der Waals surface area contributed by atoms with E-state index in [1.54, 1.807) is 18.6 Å². The number of halogens is 1. The van der Waals surface area contributed by atoms with Crippen LogP contribution in [0.5, 0.6) is 0 Å². The Hall–Kier alpha value is -2.46. The second-order valence-electron chi connectivity index (χ2n) is 4.49. The number of pyridine rings is 1. The van der Waals surface area contributed by atoms with Gasteiger partial charge in [-0.15, -0.1) is 0 Å². The van der Waals surface area contributed by atoms with E-state index in [1.165, 1.54) is 0 Å². The van der Waals surface area contributed by atoms with Crippen molar-refractivity contribution in [3.8, 4) is 11.4 Å². The fraction of sp³-hybridized carbons (Fsp3) is 0.0625. The molecule has 0 saturated carbocycles. The molecule has 0 aliphatic rings. The molecule has 1 aromatic carbocycles. The van der Waals surface area contributed by atoms with Gasteiger partial charge in [-0.1, -0.05) is 23.7 Å². The van der Waals surface area contributed by atoms with Gasteiger partial charge in [0.05, 0.1) is 0 Å². The molecule has 2 aromatic heterocycles. The molecule has 0 spiro atoms. The first-order chi connectivity index (χ1) is 10.3. The van der Waals surface area contributed by atoms with Gasteiger partial charge in [0.25, 0.3) is 0 Å². The van der Waals surface area contributed by atoms with Crippen molar-refractivity contribution in [3.63, 3.8) is 0 Å². The number of anilines is 1. The maximum Gasteiger partial charge on any atom is 0.163 e. The minimum Gasteiger partial charge on any atom is -0.366 e. The third kappa shape index (κ3) is 3.55. The Morgan fingerprint density at radius 3 is 2.62 bits per heavy atom. The van der Waals surface area contributed by atoms with Crippen molar-refractivity contribution in [1.82, 2.24) is 15.0 Å². The Balaban J connectivity index is 1.73. The first-order valence-corrected chi connectivity index (χ1v) is 6.91. The highest BCUT2D eigenvalue weighted by Crippen LogP contribution is 2.15. The first kappa shape index (κ1) is 13.5. The minimum absolute atomic E-state index is 0.657. The molecular weight excluding hydrogens is 284 g/mol. The third-order valence-corrected chi connectivity index (χ3v) is 3.21. The molecule has 0 amide bonds. The first-order valence-electron chi connectivity index (χ1n) is 6.53. The van der Waals surface area contributed by atoms with Crippen LogP contribution >= 0.6 is 11.6 Å². The molecule has 21 heavy (non-hydrogen) atoms. The lowest BCUT2D eigenvalue weighted by molar-refractivity contribution is 1.08. The van der Waals surface area contributed by atoms with E-state index >= 15 is 0 Å². The average molecular weight is 297 g/mol. The van der Waals surface area contributed by atoms with E-state index in [-0.39, 0.29) is 0 Å². The van der Waals surface area contributed by atoms with Crippen molar-refractivity contribution in [2.75, 3.05) is 5.32 Å². The SMILES string of the molecule is Clc1ccc(CNc2ccnc(-c3cccnc3)n2)cc1. The number of nitrogens with one attached hydrogen (secondary N) is 1. The smallest absolute Gasteiger partial charge is 0.163 e. The van der Waals surface area contributed by atoms with Gasteiger partial charge in [0.1, 0.15) is 5.82 Å². The Morgan fingerprint density at radius 1 is 1.00 bits per heavy atom. The molecule has 0 aliphatic carbocycles. The summed E-state index contributed by atoms with van der Waals surface area (Å²) in [6, 6.07) is 13.4. The summed E-state index contributed by atoms with van der Waals surface area (Å²) in [4.78, 5) is 12.8. The van der Waals surface area contributed by atoms with Crippen LogP contribution in [0.2, 0.25) is 5.02 Å². The summed E-state index contributed by atoms with van der Waals surface area (Å²) >= 11 is 5.87. The van der Waals surface area contributed by atoms with Gasteiger partial charge in [-0.25, -0.2) is 9.97 Å². The largest absolute Gasteiger partial charge is 0.366 e. The summed E-state index contributed by atoms with van der Waals surface area (Å²) in [6.07, 6.45) is 5.21. The molecule has 0 unspecified atom stereocenters.